The molecular weight excluding hydrogens is 354 g/mol. The maximum absolute atomic E-state index is 12.8. The number of pyridine rings is 1. The van der Waals surface area contributed by atoms with E-state index in [-0.39, 0.29) is 6.03 Å². The molecule has 28 heavy (non-hydrogen) atoms. The number of nitrogens with one attached hydrogen (secondary N) is 1. The van der Waals surface area contributed by atoms with Gasteiger partial charge in [0.25, 0.3) is 0 Å². The Morgan fingerprint density at radius 3 is 2.57 bits per heavy atom. The van der Waals surface area contributed by atoms with Crippen molar-refractivity contribution >= 4 is 22.6 Å². The Morgan fingerprint density at radius 2 is 1.86 bits per heavy atom. The summed E-state index contributed by atoms with van der Waals surface area (Å²) in [5.74, 6) is 0.758. The van der Waals surface area contributed by atoms with E-state index in [9.17, 15) is 4.79 Å². The fourth-order valence-corrected chi connectivity index (χ4v) is 4.25. The van der Waals surface area contributed by atoms with Gasteiger partial charge in [0.1, 0.15) is 5.75 Å². The van der Waals surface area contributed by atoms with Gasteiger partial charge in [-0.2, -0.15) is 0 Å². The van der Waals surface area contributed by atoms with Gasteiger partial charge in [-0.3, -0.25) is 9.88 Å². The number of carbonyl (C=O) groups is 1. The van der Waals surface area contributed by atoms with Crippen LogP contribution in [0.1, 0.15) is 12.8 Å². The minimum Gasteiger partial charge on any atom is -0.496 e. The molecular formula is C21H29N5O2. The topological polar surface area (TPSA) is 60.9 Å². The molecule has 0 bridgehead atoms. The van der Waals surface area contributed by atoms with Crippen LogP contribution in [0.25, 0.3) is 10.9 Å². The Morgan fingerprint density at radius 1 is 1.11 bits per heavy atom. The van der Waals surface area contributed by atoms with E-state index in [0.717, 1.165) is 74.5 Å². The van der Waals surface area contributed by atoms with Gasteiger partial charge in [-0.25, -0.2) is 4.79 Å². The van der Waals surface area contributed by atoms with Crippen molar-refractivity contribution in [3.05, 3.63) is 30.5 Å². The van der Waals surface area contributed by atoms with Gasteiger partial charge < -0.3 is 19.9 Å². The zero-order valence-corrected chi connectivity index (χ0v) is 16.7. The summed E-state index contributed by atoms with van der Waals surface area (Å²) >= 11 is 0. The van der Waals surface area contributed by atoms with E-state index >= 15 is 0 Å². The van der Waals surface area contributed by atoms with Crippen LogP contribution in [0.3, 0.4) is 0 Å². The smallest absolute Gasteiger partial charge is 0.321 e. The number of amides is 2. The number of aromatic nitrogens is 1. The van der Waals surface area contributed by atoms with Crippen LogP contribution in [-0.2, 0) is 0 Å². The molecule has 0 radical (unpaired) electrons. The quantitative estimate of drug-likeness (QED) is 0.882. The second-order valence-corrected chi connectivity index (χ2v) is 7.70. The number of urea groups is 1. The number of carbonyl (C=O) groups excluding carboxylic acids is 1. The number of hydrogen-bond acceptors (Lipinski definition) is 5. The molecule has 1 aromatic heterocycles. The van der Waals surface area contributed by atoms with Crippen molar-refractivity contribution in [3.63, 3.8) is 0 Å². The molecule has 2 aromatic rings. The van der Waals surface area contributed by atoms with Gasteiger partial charge >= 0.3 is 6.03 Å². The van der Waals surface area contributed by atoms with Gasteiger partial charge in [-0.05, 0) is 38.1 Å². The van der Waals surface area contributed by atoms with Crippen LogP contribution in [0.4, 0.5) is 10.5 Å². The Hall–Kier alpha value is -2.38. The number of nitrogens with zero attached hydrogens (tertiary/aromatic N) is 4. The Labute approximate surface area is 166 Å². The van der Waals surface area contributed by atoms with Crippen molar-refractivity contribution in [2.45, 2.75) is 18.9 Å². The van der Waals surface area contributed by atoms with Crippen LogP contribution in [0.5, 0.6) is 5.75 Å². The highest BCUT2D eigenvalue weighted by Gasteiger charge is 2.28. The van der Waals surface area contributed by atoms with Crippen LogP contribution in [0, 0.1) is 0 Å². The van der Waals surface area contributed by atoms with Crippen molar-refractivity contribution in [2.75, 3.05) is 58.7 Å². The predicted octanol–water partition coefficient (Wildman–Crippen LogP) is 2.49. The van der Waals surface area contributed by atoms with Crippen LogP contribution in [0.2, 0.25) is 0 Å². The van der Waals surface area contributed by atoms with Gasteiger partial charge in [0.05, 0.1) is 18.3 Å². The van der Waals surface area contributed by atoms with Crippen LogP contribution in [0.15, 0.2) is 30.5 Å². The average molecular weight is 383 g/mol. The largest absolute Gasteiger partial charge is 0.496 e. The minimum absolute atomic E-state index is 0.0473. The monoisotopic (exact) mass is 383 g/mol. The summed E-state index contributed by atoms with van der Waals surface area (Å²) in [4.78, 5) is 24.2. The molecule has 0 aliphatic carbocycles. The maximum Gasteiger partial charge on any atom is 0.321 e. The number of methoxy groups -OCH3 is 1. The van der Waals surface area contributed by atoms with E-state index in [2.05, 4.69) is 27.1 Å². The highest BCUT2D eigenvalue weighted by Crippen LogP contribution is 2.29. The highest BCUT2D eigenvalue weighted by molar-refractivity contribution is 6.01. The summed E-state index contributed by atoms with van der Waals surface area (Å²) in [6.07, 6.45) is 3.79. The summed E-state index contributed by atoms with van der Waals surface area (Å²) < 4.78 is 5.41. The number of ether oxygens (including phenoxy) is 1. The van der Waals surface area contributed by atoms with E-state index in [1.807, 2.05) is 29.2 Å². The van der Waals surface area contributed by atoms with E-state index in [0.29, 0.717) is 6.04 Å². The number of rotatable bonds is 3. The van der Waals surface area contributed by atoms with Gasteiger partial charge in [0.15, 0.2) is 0 Å². The number of benzene rings is 1. The lowest BCUT2D eigenvalue weighted by atomic mass is 10.0. The fourth-order valence-electron chi connectivity index (χ4n) is 4.25. The molecule has 7 nitrogen and oxygen atoms in total. The molecule has 2 fully saturated rings. The zero-order valence-electron chi connectivity index (χ0n) is 16.7. The van der Waals surface area contributed by atoms with E-state index in [1.165, 1.54) is 0 Å². The number of para-hydroxylation sites is 1. The summed E-state index contributed by atoms with van der Waals surface area (Å²) in [5, 5.41) is 3.95. The number of likely N-dealkylation sites (tertiary alicyclic amines) is 1. The maximum atomic E-state index is 12.8. The first-order valence-electron chi connectivity index (χ1n) is 10.1. The Kier molecular flexibility index (Phi) is 5.64. The normalized spacial score (nSPS) is 19.7. The molecule has 4 rings (SSSR count). The number of likely N-dealkylation sites (N-methyl/N-ethyl adjacent to an activating group) is 1. The third kappa shape index (κ3) is 3.91. The van der Waals surface area contributed by atoms with Crippen molar-refractivity contribution in [2.24, 2.45) is 0 Å². The molecule has 0 saturated carbocycles. The summed E-state index contributed by atoms with van der Waals surface area (Å²) in [7, 11) is 3.83. The number of hydrogen-bond donors (Lipinski definition) is 1. The lowest BCUT2D eigenvalue weighted by molar-refractivity contribution is 0.0765. The first-order chi connectivity index (χ1) is 13.7. The molecule has 0 atom stereocenters. The predicted molar refractivity (Wildman–Crippen MR) is 111 cm³/mol. The molecule has 3 heterocycles. The molecule has 0 unspecified atom stereocenters. The van der Waals surface area contributed by atoms with Crippen molar-refractivity contribution in [3.8, 4) is 5.75 Å². The number of piperazine rings is 1. The highest BCUT2D eigenvalue weighted by atomic mass is 16.5. The van der Waals surface area contributed by atoms with Gasteiger partial charge in [-0.1, -0.05) is 6.07 Å². The number of fused-ring (bicyclic) bond motifs is 1. The van der Waals surface area contributed by atoms with Gasteiger partial charge in [-0.15, -0.1) is 0 Å². The molecule has 2 saturated heterocycles. The fraction of sp³-hybridized carbons (Fsp3) is 0.524. The molecule has 1 aromatic carbocycles. The van der Waals surface area contributed by atoms with Crippen molar-refractivity contribution < 1.29 is 9.53 Å². The summed E-state index contributed by atoms with van der Waals surface area (Å²) in [6.45, 7) is 6.14. The second kappa shape index (κ2) is 8.32. The Balaban J connectivity index is 1.38. The molecule has 2 aliphatic rings. The first kappa shape index (κ1) is 19.0. The lowest BCUT2D eigenvalue weighted by Gasteiger charge is -2.42. The molecule has 150 valence electrons. The molecule has 1 N–H and O–H groups in total. The third-order valence-corrected chi connectivity index (χ3v) is 6.00. The van der Waals surface area contributed by atoms with E-state index in [1.54, 1.807) is 13.3 Å². The Bertz CT molecular complexity index is 827. The number of piperidine rings is 1. The molecule has 2 amide bonds. The third-order valence-electron chi connectivity index (χ3n) is 6.00. The standard InChI is InChI=1S/C21H29N5O2/c1-24-12-14-25(15-13-24)16-7-10-26(11-8-16)21(27)23-18-5-3-4-17-19(28-2)6-9-22-20(17)18/h3-6,9,16H,7-8,10-15H2,1-2H3,(H,23,27). The van der Waals surface area contributed by atoms with Crippen molar-refractivity contribution in [1.29, 1.82) is 0 Å². The molecule has 7 heteroatoms. The summed E-state index contributed by atoms with van der Waals surface area (Å²) in [6, 6.07) is 8.15. The van der Waals surface area contributed by atoms with Gasteiger partial charge in [0, 0.05) is 56.9 Å². The summed E-state index contributed by atoms with van der Waals surface area (Å²) in [5.41, 5.74) is 1.48. The molecule has 2 aliphatic heterocycles. The van der Waals surface area contributed by atoms with Crippen LogP contribution in [-0.4, -0.2) is 85.2 Å². The van der Waals surface area contributed by atoms with E-state index < -0.39 is 0 Å². The number of anilines is 1. The van der Waals surface area contributed by atoms with Crippen LogP contribution < -0.4 is 10.1 Å². The van der Waals surface area contributed by atoms with Crippen LogP contribution >= 0.6 is 0 Å². The average Bonchev–Trinajstić information content (AvgIpc) is 2.74. The SMILES string of the molecule is COc1ccnc2c(NC(=O)N3CCC(N4CCN(C)CC4)CC3)cccc12. The molecule has 0 spiro atoms. The first-order valence-corrected chi connectivity index (χ1v) is 10.1. The van der Waals surface area contributed by atoms with E-state index in [4.69, 9.17) is 4.74 Å². The van der Waals surface area contributed by atoms with Gasteiger partial charge in [0.2, 0.25) is 0 Å². The second-order valence-electron chi connectivity index (χ2n) is 7.70. The zero-order chi connectivity index (χ0) is 19.5. The lowest BCUT2D eigenvalue weighted by Crippen LogP contribution is -2.53. The van der Waals surface area contributed by atoms with Crippen molar-refractivity contribution in [1.82, 2.24) is 19.7 Å². The minimum atomic E-state index is -0.0473.